The number of nitrogens with zero attached hydrogens (tertiary/aromatic N) is 3. The summed E-state index contributed by atoms with van der Waals surface area (Å²) in [7, 11) is 0.596. The van der Waals surface area contributed by atoms with E-state index in [1.807, 2.05) is 13.0 Å². The lowest BCUT2D eigenvalue weighted by atomic mass is 9.68. The van der Waals surface area contributed by atoms with Gasteiger partial charge in [-0.1, -0.05) is 59.9 Å². The van der Waals surface area contributed by atoms with E-state index in [1.54, 1.807) is 0 Å². The molecule has 5 heteroatoms. The van der Waals surface area contributed by atoms with Crippen LogP contribution < -0.4 is 5.57 Å². The zero-order valence-corrected chi connectivity index (χ0v) is 23.7. The van der Waals surface area contributed by atoms with Gasteiger partial charge in [-0.25, -0.2) is 4.98 Å². The Morgan fingerprint density at radius 3 is 2.59 bits per heavy atom. The molecule has 0 saturated carbocycles. The zero-order chi connectivity index (χ0) is 25.8. The Kier molecular flexibility index (Phi) is 7.86. The van der Waals surface area contributed by atoms with Crippen LogP contribution in [0.25, 0.3) is 39.1 Å². The molecule has 0 amide bonds. The van der Waals surface area contributed by atoms with Crippen molar-refractivity contribution < 1.29 is 0 Å². The summed E-state index contributed by atoms with van der Waals surface area (Å²) in [6.45, 7) is 8.83. The van der Waals surface area contributed by atoms with Gasteiger partial charge in [-0.15, -0.1) is 0 Å². The van der Waals surface area contributed by atoms with E-state index in [2.05, 4.69) is 74.2 Å². The van der Waals surface area contributed by atoms with Crippen molar-refractivity contribution in [1.29, 1.82) is 0 Å². The first-order chi connectivity index (χ1) is 18.0. The van der Waals surface area contributed by atoms with Crippen molar-refractivity contribution in [3.8, 4) is 22.6 Å². The third-order valence-electron chi connectivity index (χ3n) is 7.96. The van der Waals surface area contributed by atoms with Crippen LogP contribution in [0.2, 0.25) is 0 Å². The standard InChI is InChI=1S/C32H39N4P/c1-5-7-16-32(15-6-2)17-13-23(14-18-32)26-20-25-19-24(11-12-27(25)33-21-26)29-30(36-31(35-29)37-4)28-10-8-9-22(3)34-28/h8-13,19-21,37H,5-7,14-18H2,1-4H3,(H,35,36). The number of unbranched alkanes of at least 4 members (excludes halogenated alkanes) is 1. The molecule has 0 fully saturated rings. The summed E-state index contributed by atoms with van der Waals surface area (Å²) in [5.41, 5.74) is 10.3. The van der Waals surface area contributed by atoms with Gasteiger partial charge in [0.1, 0.15) is 5.57 Å². The Labute approximate surface area is 223 Å². The van der Waals surface area contributed by atoms with Crippen molar-refractivity contribution in [2.45, 2.75) is 72.1 Å². The number of benzene rings is 1. The molecule has 1 aliphatic rings. The molecule has 0 spiro atoms. The molecule has 1 N–H and O–H groups in total. The minimum Gasteiger partial charge on any atom is -0.337 e. The lowest BCUT2D eigenvalue weighted by Gasteiger charge is -2.37. The molecule has 2 atom stereocenters. The van der Waals surface area contributed by atoms with Crippen molar-refractivity contribution in [2.24, 2.45) is 5.41 Å². The topological polar surface area (TPSA) is 54.5 Å². The SMILES string of the molecule is CCCCC1(CCC)CC=C(c2cnc3ccc(-c4nc(PC)[nH]c4-c4cccc(C)n4)cc3c2)CC1. The molecule has 37 heavy (non-hydrogen) atoms. The van der Waals surface area contributed by atoms with Crippen LogP contribution in [0.4, 0.5) is 0 Å². The first-order valence-electron chi connectivity index (χ1n) is 13.9. The predicted molar refractivity (Wildman–Crippen MR) is 160 cm³/mol. The number of allylic oxidation sites excluding steroid dienone is 2. The quantitative estimate of drug-likeness (QED) is 0.230. The molecule has 0 saturated heterocycles. The fraction of sp³-hybridized carbons (Fsp3) is 0.406. The van der Waals surface area contributed by atoms with Crippen LogP contribution in [0.15, 0.2) is 54.7 Å². The number of imidazole rings is 1. The predicted octanol–water partition coefficient (Wildman–Crippen LogP) is 8.47. The maximum absolute atomic E-state index is 4.97. The number of H-pyrrole nitrogens is 1. The number of nitrogens with one attached hydrogen (secondary N) is 1. The van der Waals surface area contributed by atoms with Crippen LogP contribution in [0.1, 0.15) is 76.5 Å². The lowest BCUT2D eigenvalue weighted by Crippen LogP contribution is -2.23. The highest BCUT2D eigenvalue weighted by Crippen LogP contribution is 2.45. The molecule has 3 aromatic heterocycles. The number of fused-ring (bicyclic) bond motifs is 1. The lowest BCUT2D eigenvalue weighted by molar-refractivity contribution is 0.209. The summed E-state index contributed by atoms with van der Waals surface area (Å²) in [5, 5.41) is 1.17. The van der Waals surface area contributed by atoms with Crippen molar-refractivity contribution >= 4 is 30.6 Å². The smallest absolute Gasteiger partial charge is 0.126 e. The van der Waals surface area contributed by atoms with E-state index in [0.29, 0.717) is 14.0 Å². The third kappa shape index (κ3) is 5.55. The van der Waals surface area contributed by atoms with Crippen LogP contribution in [0.5, 0.6) is 0 Å². The van der Waals surface area contributed by atoms with Gasteiger partial charge < -0.3 is 4.98 Å². The Morgan fingerprint density at radius 2 is 1.86 bits per heavy atom. The number of hydrogen-bond donors (Lipinski definition) is 1. The fourth-order valence-electron chi connectivity index (χ4n) is 5.89. The number of aromatic amines is 1. The highest BCUT2D eigenvalue weighted by atomic mass is 31.1. The summed E-state index contributed by atoms with van der Waals surface area (Å²) in [6.07, 6.45) is 14.9. The van der Waals surface area contributed by atoms with Gasteiger partial charge in [0.05, 0.1) is 22.6 Å². The summed E-state index contributed by atoms with van der Waals surface area (Å²) in [5.74, 6) is 0. The van der Waals surface area contributed by atoms with Gasteiger partial charge in [-0.2, -0.15) is 0 Å². The minimum atomic E-state index is 0.504. The molecule has 4 aromatic rings. The van der Waals surface area contributed by atoms with E-state index in [0.717, 1.165) is 45.8 Å². The number of aromatic nitrogens is 4. The Bertz CT molecular complexity index is 1420. The molecular formula is C32H39N4P. The van der Waals surface area contributed by atoms with Gasteiger partial charge in [0.25, 0.3) is 0 Å². The minimum absolute atomic E-state index is 0.504. The van der Waals surface area contributed by atoms with Crippen molar-refractivity contribution in [3.63, 3.8) is 0 Å². The molecule has 0 radical (unpaired) electrons. The summed E-state index contributed by atoms with van der Waals surface area (Å²) in [4.78, 5) is 18.1. The highest BCUT2D eigenvalue weighted by molar-refractivity contribution is 7.45. The van der Waals surface area contributed by atoms with Crippen LogP contribution in [0, 0.1) is 12.3 Å². The highest BCUT2D eigenvalue weighted by Gasteiger charge is 2.30. The summed E-state index contributed by atoms with van der Waals surface area (Å²) < 4.78 is 0. The summed E-state index contributed by atoms with van der Waals surface area (Å²) in [6, 6.07) is 15.0. The molecular weight excluding hydrogens is 471 g/mol. The molecule has 0 aliphatic heterocycles. The van der Waals surface area contributed by atoms with Crippen molar-refractivity contribution in [1.82, 2.24) is 19.9 Å². The molecule has 5 rings (SSSR count). The Hall–Kier alpha value is -2.84. The molecule has 2 unspecified atom stereocenters. The van der Waals surface area contributed by atoms with Gasteiger partial charge in [0, 0.05) is 22.8 Å². The monoisotopic (exact) mass is 510 g/mol. The van der Waals surface area contributed by atoms with E-state index in [1.165, 1.54) is 61.5 Å². The van der Waals surface area contributed by atoms with Crippen molar-refractivity contribution in [3.05, 3.63) is 66.0 Å². The zero-order valence-electron chi connectivity index (χ0n) is 22.7. The van der Waals surface area contributed by atoms with E-state index in [9.17, 15) is 0 Å². The van der Waals surface area contributed by atoms with E-state index in [-0.39, 0.29) is 0 Å². The Balaban J connectivity index is 1.48. The molecule has 0 bridgehead atoms. The number of aryl methyl sites for hydroxylation is 1. The normalized spacial score (nSPS) is 18.1. The maximum atomic E-state index is 4.97. The first-order valence-corrected chi connectivity index (χ1v) is 15.4. The van der Waals surface area contributed by atoms with Crippen LogP contribution in [0.3, 0.4) is 0 Å². The van der Waals surface area contributed by atoms with E-state index < -0.39 is 0 Å². The van der Waals surface area contributed by atoms with Gasteiger partial charge in [0.15, 0.2) is 0 Å². The molecule has 1 aromatic carbocycles. The van der Waals surface area contributed by atoms with Crippen LogP contribution in [-0.2, 0) is 0 Å². The maximum Gasteiger partial charge on any atom is 0.126 e. The van der Waals surface area contributed by atoms with E-state index in [4.69, 9.17) is 15.0 Å². The second-order valence-corrected chi connectivity index (χ2v) is 11.6. The second kappa shape index (κ2) is 11.3. The average Bonchev–Trinajstić information content (AvgIpc) is 3.37. The van der Waals surface area contributed by atoms with Gasteiger partial charge >= 0.3 is 0 Å². The fourth-order valence-corrected chi connectivity index (χ4v) is 6.36. The Morgan fingerprint density at radius 1 is 1.00 bits per heavy atom. The van der Waals surface area contributed by atoms with Gasteiger partial charge in [0.2, 0.25) is 0 Å². The number of pyridine rings is 2. The van der Waals surface area contributed by atoms with Crippen LogP contribution >= 0.6 is 8.58 Å². The number of rotatable bonds is 9. The average molecular weight is 511 g/mol. The van der Waals surface area contributed by atoms with Crippen molar-refractivity contribution in [2.75, 3.05) is 6.66 Å². The first kappa shape index (κ1) is 25.8. The summed E-state index contributed by atoms with van der Waals surface area (Å²) >= 11 is 0. The molecule has 3 heterocycles. The largest absolute Gasteiger partial charge is 0.337 e. The third-order valence-corrected chi connectivity index (χ3v) is 8.67. The van der Waals surface area contributed by atoms with Gasteiger partial charge in [-0.05, 0) is 92.6 Å². The second-order valence-electron chi connectivity index (χ2n) is 10.6. The number of hydrogen-bond acceptors (Lipinski definition) is 3. The van der Waals surface area contributed by atoms with Crippen LogP contribution in [-0.4, -0.2) is 26.6 Å². The molecule has 192 valence electrons. The van der Waals surface area contributed by atoms with E-state index >= 15 is 0 Å². The molecule has 4 nitrogen and oxygen atoms in total. The van der Waals surface area contributed by atoms with Gasteiger partial charge in [-0.3, -0.25) is 9.97 Å². The molecule has 1 aliphatic carbocycles.